The number of anilines is 3. The van der Waals surface area contributed by atoms with Crippen molar-refractivity contribution in [1.82, 2.24) is 24.8 Å². The van der Waals surface area contributed by atoms with Crippen molar-refractivity contribution < 1.29 is 23.1 Å². The molecule has 1 amide bonds. The van der Waals surface area contributed by atoms with Gasteiger partial charge in [0.05, 0.1) is 12.8 Å². The number of nitrogens with zero attached hydrogens (tertiary/aromatic N) is 4. The first-order chi connectivity index (χ1) is 17.2. The van der Waals surface area contributed by atoms with Crippen molar-refractivity contribution in [3.8, 4) is 0 Å². The topological polar surface area (TPSA) is 117 Å². The van der Waals surface area contributed by atoms with Gasteiger partial charge in [-0.15, -0.1) is 0 Å². The van der Waals surface area contributed by atoms with Crippen molar-refractivity contribution in [1.29, 1.82) is 0 Å². The van der Waals surface area contributed by atoms with Gasteiger partial charge >= 0.3 is 0 Å². The zero-order chi connectivity index (χ0) is 26.0. The highest BCUT2D eigenvalue weighted by Gasteiger charge is 2.31. The lowest BCUT2D eigenvalue weighted by molar-refractivity contribution is -0.127. The SMILES string of the molecule is CC(C)Nc1ncc2nc(Nc3c(F)cc(F)cc3F)n([C@H]3CC[C@@H](C(=O)N[C@H](C)CO)CC3)c2n1. The van der Waals surface area contributed by atoms with Gasteiger partial charge < -0.3 is 21.1 Å². The first kappa shape index (κ1) is 25.7. The lowest BCUT2D eigenvalue weighted by atomic mass is 9.85. The highest BCUT2D eigenvalue weighted by Crippen LogP contribution is 2.37. The maximum atomic E-state index is 14.4. The van der Waals surface area contributed by atoms with Crippen molar-refractivity contribution >= 4 is 34.7 Å². The molecule has 4 rings (SSSR count). The molecular formula is C24H30F3N7O2. The number of imidazole rings is 1. The smallest absolute Gasteiger partial charge is 0.224 e. The molecule has 2 heterocycles. The van der Waals surface area contributed by atoms with Crippen molar-refractivity contribution in [2.75, 3.05) is 17.2 Å². The molecule has 1 aromatic carbocycles. The van der Waals surface area contributed by atoms with E-state index < -0.39 is 23.1 Å². The number of aliphatic hydroxyl groups is 1. The van der Waals surface area contributed by atoms with Gasteiger partial charge in [-0.05, 0) is 46.5 Å². The molecule has 0 unspecified atom stereocenters. The van der Waals surface area contributed by atoms with E-state index >= 15 is 0 Å². The quantitative estimate of drug-likeness (QED) is 0.365. The second-order valence-corrected chi connectivity index (χ2v) is 9.47. The summed E-state index contributed by atoms with van der Waals surface area (Å²) < 4.78 is 44.1. The molecule has 3 aromatic rings. The largest absolute Gasteiger partial charge is 0.394 e. The molecule has 1 saturated carbocycles. The van der Waals surface area contributed by atoms with E-state index in [1.807, 2.05) is 13.8 Å². The first-order valence-electron chi connectivity index (χ1n) is 12.0. The second kappa shape index (κ2) is 10.7. The number of hydrogen-bond donors (Lipinski definition) is 4. The van der Waals surface area contributed by atoms with Crippen LogP contribution in [0.3, 0.4) is 0 Å². The molecule has 9 nitrogen and oxygen atoms in total. The Kier molecular flexibility index (Phi) is 7.62. The lowest BCUT2D eigenvalue weighted by Gasteiger charge is -2.30. The molecular weight excluding hydrogens is 475 g/mol. The Morgan fingerprint density at radius 2 is 1.78 bits per heavy atom. The van der Waals surface area contributed by atoms with Crippen molar-refractivity contribution in [2.24, 2.45) is 5.92 Å². The summed E-state index contributed by atoms with van der Waals surface area (Å²) in [5.41, 5.74) is 0.374. The fourth-order valence-corrected chi connectivity index (χ4v) is 4.43. The Balaban J connectivity index is 1.67. The van der Waals surface area contributed by atoms with E-state index in [9.17, 15) is 23.1 Å². The third-order valence-electron chi connectivity index (χ3n) is 6.19. The van der Waals surface area contributed by atoms with Crippen LogP contribution in [0.15, 0.2) is 18.3 Å². The summed E-state index contributed by atoms with van der Waals surface area (Å²) in [4.78, 5) is 25.9. The summed E-state index contributed by atoms with van der Waals surface area (Å²) in [6, 6.07) is 0.784. The molecule has 0 aliphatic heterocycles. The number of benzene rings is 1. The zero-order valence-corrected chi connectivity index (χ0v) is 20.4. The summed E-state index contributed by atoms with van der Waals surface area (Å²) in [6.45, 7) is 5.49. The van der Waals surface area contributed by atoms with Crippen LogP contribution in [-0.2, 0) is 4.79 Å². The molecule has 0 spiro atoms. The van der Waals surface area contributed by atoms with Crippen molar-refractivity contribution in [3.05, 3.63) is 35.8 Å². The van der Waals surface area contributed by atoms with Gasteiger partial charge in [0.1, 0.15) is 17.0 Å². The van der Waals surface area contributed by atoms with Gasteiger partial charge in [-0.25, -0.2) is 23.1 Å². The maximum absolute atomic E-state index is 14.4. The van der Waals surface area contributed by atoms with Crippen LogP contribution in [0.25, 0.3) is 11.2 Å². The first-order valence-corrected chi connectivity index (χ1v) is 12.0. The van der Waals surface area contributed by atoms with Gasteiger partial charge in [0.15, 0.2) is 17.3 Å². The fraction of sp³-hybridized carbons (Fsp3) is 0.500. The molecule has 1 fully saturated rings. The molecule has 1 atom stereocenters. The van der Waals surface area contributed by atoms with E-state index in [1.54, 1.807) is 11.5 Å². The molecule has 0 bridgehead atoms. The second-order valence-electron chi connectivity index (χ2n) is 9.47. The van der Waals surface area contributed by atoms with Crippen LogP contribution in [0, 0.1) is 23.4 Å². The Hall–Kier alpha value is -3.41. The number of fused-ring (bicyclic) bond motifs is 1. The van der Waals surface area contributed by atoms with Crippen molar-refractivity contribution in [3.63, 3.8) is 0 Å². The van der Waals surface area contributed by atoms with Crippen LogP contribution in [0.4, 0.5) is 30.8 Å². The van der Waals surface area contributed by atoms with Gasteiger partial charge in [0.25, 0.3) is 0 Å². The summed E-state index contributed by atoms with van der Waals surface area (Å²) in [6.07, 6.45) is 3.88. The van der Waals surface area contributed by atoms with Gasteiger partial charge in [0.2, 0.25) is 17.8 Å². The van der Waals surface area contributed by atoms with Crippen LogP contribution in [0.1, 0.15) is 52.5 Å². The van der Waals surface area contributed by atoms with Crippen molar-refractivity contribution in [2.45, 2.75) is 64.6 Å². The minimum atomic E-state index is -1.09. The monoisotopic (exact) mass is 505 g/mol. The minimum absolute atomic E-state index is 0.0779. The highest BCUT2D eigenvalue weighted by atomic mass is 19.1. The van der Waals surface area contributed by atoms with Gasteiger partial charge in [0, 0.05) is 36.2 Å². The van der Waals surface area contributed by atoms with Crippen LogP contribution >= 0.6 is 0 Å². The van der Waals surface area contributed by atoms with Crippen LogP contribution in [-0.4, -0.2) is 49.2 Å². The number of amides is 1. The van der Waals surface area contributed by atoms with Crippen LogP contribution < -0.4 is 16.0 Å². The Labute approximate surface area is 206 Å². The van der Waals surface area contributed by atoms with E-state index in [-0.39, 0.29) is 42.5 Å². The zero-order valence-electron chi connectivity index (χ0n) is 20.4. The average Bonchev–Trinajstić information content (AvgIpc) is 3.18. The predicted octanol–water partition coefficient (Wildman–Crippen LogP) is 4.04. The van der Waals surface area contributed by atoms with Crippen LogP contribution in [0.2, 0.25) is 0 Å². The van der Waals surface area contributed by atoms with E-state index in [1.165, 1.54) is 6.20 Å². The molecule has 1 aliphatic carbocycles. The number of aliphatic hydroxyl groups excluding tert-OH is 1. The van der Waals surface area contributed by atoms with E-state index in [0.717, 1.165) is 0 Å². The fourth-order valence-electron chi connectivity index (χ4n) is 4.43. The van der Waals surface area contributed by atoms with Gasteiger partial charge in [-0.3, -0.25) is 9.36 Å². The number of nitrogens with one attached hydrogen (secondary N) is 3. The van der Waals surface area contributed by atoms with E-state index in [4.69, 9.17) is 0 Å². The summed E-state index contributed by atoms with van der Waals surface area (Å²) in [5, 5.41) is 17.8. The number of carbonyl (C=O) groups excluding carboxylic acids is 1. The number of aromatic nitrogens is 4. The van der Waals surface area contributed by atoms with E-state index in [2.05, 4.69) is 30.9 Å². The number of rotatable bonds is 8. The van der Waals surface area contributed by atoms with Gasteiger partial charge in [-0.2, -0.15) is 4.98 Å². The highest BCUT2D eigenvalue weighted by molar-refractivity contribution is 5.79. The third kappa shape index (κ3) is 5.53. The number of carbonyl (C=O) groups is 1. The number of hydrogen-bond acceptors (Lipinski definition) is 7. The Bertz CT molecular complexity index is 1220. The normalized spacial score (nSPS) is 18.9. The summed E-state index contributed by atoms with van der Waals surface area (Å²) >= 11 is 0. The molecule has 12 heteroatoms. The molecule has 2 aromatic heterocycles. The summed E-state index contributed by atoms with van der Waals surface area (Å²) in [5.74, 6) is -2.98. The molecule has 0 radical (unpaired) electrons. The van der Waals surface area contributed by atoms with Crippen LogP contribution in [0.5, 0.6) is 0 Å². The predicted molar refractivity (Wildman–Crippen MR) is 129 cm³/mol. The Morgan fingerprint density at radius 1 is 1.11 bits per heavy atom. The summed E-state index contributed by atoms with van der Waals surface area (Å²) in [7, 11) is 0. The maximum Gasteiger partial charge on any atom is 0.224 e. The third-order valence-corrected chi connectivity index (χ3v) is 6.19. The minimum Gasteiger partial charge on any atom is -0.394 e. The molecule has 4 N–H and O–H groups in total. The molecule has 0 saturated heterocycles. The van der Waals surface area contributed by atoms with Gasteiger partial charge in [-0.1, -0.05) is 0 Å². The number of halogens is 3. The molecule has 1 aliphatic rings. The average molecular weight is 506 g/mol. The lowest BCUT2D eigenvalue weighted by Crippen LogP contribution is -2.40. The molecule has 194 valence electrons. The standard InChI is InChI=1S/C24H30F3N7O2/c1-12(2)29-23-28-10-19-21(33-23)34(16-6-4-14(5-7-16)22(36)30-13(3)11-35)24(31-19)32-20-17(26)8-15(25)9-18(20)27/h8-10,12-14,16,35H,4-7,11H2,1-3H3,(H,30,36)(H,31,32)(H,28,29,33)/t13-,14-,16+/m1/s1. The Morgan fingerprint density at radius 3 is 2.39 bits per heavy atom. The molecule has 36 heavy (non-hydrogen) atoms. The van der Waals surface area contributed by atoms with E-state index in [0.29, 0.717) is 54.9 Å².